The van der Waals surface area contributed by atoms with E-state index in [2.05, 4.69) is 0 Å². The van der Waals surface area contributed by atoms with Gasteiger partial charge in [0.1, 0.15) is 0 Å². The number of carbonyl (C=O) groups excluding carboxylic acids is 1. The van der Waals surface area contributed by atoms with E-state index in [-0.39, 0.29) is 6.03 Å². The van der Waals surface area contributed by atoms with E-state index in [0.717, 1.165) is 12.2 Å². The molecule has 1 saturated heterocycles. The van der Waals surface area contributed by atoms with Crippen LogP contribution in [0.25, 0.3) is 0 Å². The van der Waals surface area contributed by atoms with E-state index in [1.807, 2.05) is 6.26 Å². The predicted molar refractivity (Wildman–Crippen MR) is 73.0 cm³/mol. The topological polar surface area (TPSA) is 60.9 Å². The average Bonchev–Trinajstić information content (AvgIpc) is 2.34. The van der Waals surface area contributed by atoms with Crippen molar-refractivity contribution in [2.75, 3.05) is 38.7 Å². The molecule has 1 heterocycles. The molecular formula is C12H22N2O3S. The Hall–Kier alpha value is -0.910. The number of thioether (sulfide) groups is 1. The highest BCUT2D eigenvalue weighted by Crippen LogP contribution is 2.30. The van der Waals surface area contributed by atoms with Gasteiger partial charge in [-0.1, -0.05) is 0 Å². The molecule has 0 aliphatic carbocycles. The summed E-state index contributed by atoms with van der Waals surface area (Å²) < 4.78 is 0. The van der Waals surface area contributed by atoms with Crippen LogP contribution in [-0.4, -0.2) is 65.6 Å². The molecule has 18 heavy (non-hydrogen) atoms. The Kier molecular flexibility index (Phi) is 5.31. The molecule has 1 unspecified atom stereocenters. The maximum Gasteiger partial charge on any atom is 0.319 e. The van der Waals surface area contributed by atoms with Crippen LogP contribution >= 0.6 is 11.8 Å². The van der Waals surface area contributed by atoms with E-state index in [9.17, 15) is 14.7 Å². The molecule has 0 aromatic rings. The molecule has 0 radical (unpaired) electrons. The quantitative estimate of drug-likeness (QED) is 0.845. The van der Waals surface area contributed by atoms with Gasteiger partial charge in [0.15, 0.2) is 0 Å². The van der Waals surface area contributed by atoms with Gasteiger partial charge in [-0.15, -0.1) is 0 Å². The molecule has 0 aromatic carbocycles. The lowest BCUT2D eigenvalue weighted by atomic mass is 9.82. The Morgan fingerprint density at radius 2 is 2.17 bits per heavy atom. The van der Waals surface area contributed by atoms with Gasteiger partial charge in [-0.05, 0) is 26.0 Å². The number of carboxylic acids is 1. The number of amides is 2. The first-order valence-corrected chi connectivity index (χ1v) is 7.52. The third-order valence-electron chi connectivity index (χ3n) is 3.44. The molecule has 0 saturated carbocycles. The Balaban J connectivity index is 2.61. The Bertz CT molecular complexity index is 324. The van der Waals surface area contributed by atoms with E-state index in [1.165, 1.54) is 0 Å². The number of likely N-dealkylation sites (tertiary alicyclic amines) is 1. The van der Waals surface area contributed by atoms with Crippen molar-refractivity contribution >= 4 is 23.8 Å². The molecule has 1 N–H and O–H groups in total. The van der Waals surface area contributed by atoms with Gasteiger partial charge in [-0.3, -0.25) is 4.79 Å². The van der Waals surface area contributed by atoms with Gasteiger partial charge in [0.25, 0.3) is 0 Å². The number of hydrogen-bond donors (Lipinski definition) is 1. The van der Waals surface area contributed by atoms with Crippen molar-refractivity contribution < 1.29 is 14.7 Å². The van der Waals surface area contributed by atoms with Crippen molar-refractivity contribution in [1.29, 1.82) is 0 Å². The monoisotopic (exact) mass is 274 g/mol. The van der Waals surface area contributed by atoms with Crippen LogP contribution < -0.4 is 0 Å². The summed E-state index contributed by atoms with van der Waals surface area (Å²) in [6, 6.07) is -0.0591. The fourth-order valence-corrected chi connectivity index (χ4v) is 2.60. The second kappa shape index (κ2) is 6.31. The molecule has 1 fully saturated rings. The van der Waals surface area contributed by atoms with Gasteiger partial charge >= 0.3 is 12.0 Å². The average molecular weight is 274 g/mol. The first kappa shape index (κ1) is 15.1. The van der Waals surface area contributed by atoms with Gasteiger partial charge in [-0.25, -0.2) is 4.79 Å². The molecule has 2 amide bonds. The lowest BCUT2D eigenvalue weighted by molar-refractivity contribution is -0.150. The third-order valence-corrected chi connectivity index (χ3v) is 4.03. The highest BCUT2D eigenvalue weighted by atomic mass is 32.2. The van der Waals surface area contributed by atoms with Gasteiger partial charge < -0.3 is 14.9 Å². The predicted octanol–water partition coefficient (Wildman–Crippen LogP) is 1.59. The number of carboxylic acid groups (broad SMARTS) is 1. The summed E-state index contributed by atoms with van der Waals surface area (Å²) in [6.07, 6.45) is 3.40. The second-order valence-electron chi connectivity index (χ2n) is 5.09. The molecule has 1 aliphatic heterocycles. The zero-order chi connectivity index (χ0) is 13.8. The molecule has 1 aliphatic rings. The zero-order valence-electron chi connectivity index (χ0n) is 11.3. The van der Waals surface area contributed by atoms with Crippen LogP contribution in [0.2, 0.25) is 0 Å². The molecule has 0 spiro atoms. The smallest absolute Gasteiger partial charge is 0.319 e. The summed E-state index contributed by atoms with van der Waals surface area (Å²) in [5.74, 6) is 0.0819. The molecule has 0 bridgehead atoms. The maximum absolute atomic E-state index is 12.2. The maximum atomic E-state index is 12.2. The van der Waals surface area contributed by atoms with Crippen LogP contribution in [0.4, 0.5) is 4.79 Å². The van der Waals surface area contributed by atoms with E-state index in [1.54, 1.807) is 35.5 Å². The van der Waals surface area contributed by atoms with Gasteiger partial charge in [0, 0.05) is 32.4 Å². The molecule has 6 heteroatoms. The first-order chi connectivity index (χ1) is 8.40. The van der Waals surface area contributed by atoms with E-state index >= 15 is 0 Å². The Morgan fingerprint density at radius 3 is 2.72 bits per heavy atom. The fourth-order valence-electron chi connectivity index (χ4n) is 2.14. The molecule has 1 rings (SSSR count). The highest BCUT2D eigenvalue weighted by molar-refractivity contribution is 7.98. The number of urea groups is 1. The van der Waals surface area contributed by atoms with Crippen molar-refractivity contribution in [3.63, 3.8) is 0 Å². The molecular weight excluding hydrogens is 252 g/mol. The summed E-state index contributed by atoms with van der Waals surface area (Å²) in [7, 11) is 1.77. The van der Waals surface area contributed by atoms with Crippen molar-refractivity contribution in [3.05, 3.63) is 0 Å². The minimum absolute atomic E-state index is 0.0591. The number of rotatable bonds is 4. The summed E-state index contributed by atoms with van der Waals surface area (Å²) in [5, 5.41) is 9.22. The number of hydrogen-bond acceptors (Lipinski definition) is 3. The van der Waals surface area contributed by atoms with Crippen LogP contribution in [0.3, 0.4) is 0 Å². The number of aliphatic carboxylic acids is 1. The van der Waals surface area contributed by atoms with E-state index in [0.29, 0.717) is 26.1 Å². The van der Waals surface area contributed by atoms with Crippen molar-refractivity contribution in [3.8, 4) is 0 Å². The largest absolute Gasteiger partial charge is 0.481 e. The summed E-state index contributed by atoms with van der Waals surface area (Å²) >= 11 is 1.69. The second-order valence-corrected chi connectivity index (χ2v) is 6.07. The normalized spacial score (nSPS) is 23.8. The SMILES string of the molecule is CSCCN(C)C(=O)N1CCCC(C)(C(=O)O)C1. The summed E-state index contributed by atoms with van der Waals surface area (Å²) in [6.45, 7) is 3.38. The Morgan fingerprint density at radius 1 is 1.50 bits per heavy atom. The molecule has 104 valence electrons. The highest BCUT2D eigenvalue weighted by Gasteiger charge is 2.39. The van der Waals surface area contributed by atoms with Crippen LogP contribution in [-0.2, 0) is 4.79 Å². The first-order valence-electron chi connectivity index (χ1n) is 6.13. The van der Waals surface area contributed by atoms with Crippen LogP contribution in [0.15, 0.2) is 0 Å². The van der Waals surface area contributed by atoms with Crippen LogP contribution in [0.5, 0.6) is 0 Å². The number of carbonyl (C=O) groups is 2. The number of piperidine rings is 1. The van der Waals surface area contributed by atoms with E-state index < -0.39 is 11.4 Å². The zero-order valence-corrected chi connectivity index (χ0v) is 12.1. The molecule has 5 nitrogen and oxygen atoms in total. The Labute approximate surface area is 113 Å². The minimum Gasteiger partial charge on any atom is -0.481 e. The fraction of sp³-hybridized carbons (Fsp3) is 0.833. The minimum atomic E-state index is -0.813. The lowest BCUT2D eigenvalue weighted by Crippen LogP contribution is -2.52. The van der Waals surface area contributed by atoms with Gasteiger partial charge in [0.05, 0.1) is 5.41 Å². The van der Waals surface area contributed by atoms with Crippen molar-refractivity contribution in [2.45, 2.75) is 19.8 Å². The van der Waals surface area contributed by atoms with Crippen molar-refractivity contribution in [2.24, 2.45) is 5.41 Å². The van der Waals surface area contributed by atoms with Crippen LogP contribution in [0, 0.1) is 5.41 Å². The van der Waals surface area contributed by atoms with Gasteiger partial charge in [0.2, 0.25) is 0 Å². The third kappa shape index (κ3) is 3.54. The van der Waals surface area contributed by atoms with Crippen molar-refractivity contribution in [1.82, 2.24) is 9.80 Å². The summed E-state index contributed by atoms with van der Waals surface area (Å²) in [4.78, 5) is 26.7. The van der Waals surface area contributed by atoms with Gasteiger partial charge in [-0.2, -0.15) is 11.8 Å². The van der Waals surface area contributed by atoms with Crippen LogP contribution in [0.1, 0.15) is 19.8 Å². The van der Waals surface area contributed by atoms with E-state index in [4.69, 9.17) is 0 Å². The number of nitrogens with zero attached hydrogens (tertiary/aromatic N) is 2. The lowest BCUT2D eigenvalue weighted by Gasteiger charge is -2.39. The standard InChI is InChI=1S/C12H22N2O3S/c1-12(10(15)16)5-4-6-14(9-12)11(17)13(2)7-8-18-3/h4-9H2,1-3H3,(H,15,16). The summed E-state index contributed by atoms with van der Waals surface area (Å²) in [5.41, 5.74) is -0.797. The molecule has 0 aromatic heterocycles. The molecule has 1 atom stereocenters.